The quantitative estimate of drug-likeness (QED) is 0.0968. The summed E-state index contributed by atoms with van der Waals surface area (Å²) in [6.45, 7) is 0. The maximum Gasteiger partial charge on any atom is 0.786 e. The predicted octanol–water partition coefficient (Wildman–Crippen LogP) is 2.86. The number of carbonyl (C=O) groups excluding carboxylic acids is 3. The van der Waals surface area contributed by atoms with Gasteiger partial charge in [-0.15, -0.1) is 0 Å². The number of halogens is 4. The van der Waals surface area contributed by atoms with Gasteiger partial charge in [0.2, 0.25) is 0 Å². The molecule has 0 rings (SSSR count). The number of rotatable bonds is 15. The van der Waals surface area contributed by atoms with E-state index in [9.17, 15) is 14.4 Å². The van der Waals surface area contributed by atoms with Crippen molar-refractivity contribution in [3.05, 3.63) is 0 Å². The van der Waals surface area contributed by atoms with E-state index in [0.717, 1.165) is 0 Å². The fourth-order valence-electron chi connectivity index (χ4n) is 1.71. The van der Waals surface area contributed by atoms with Gasteiger partial charge in [0.1, 0.15) is 0 Å². The molecule has 0 bridgehead atoms. The number of hydrogen-bond donors (Lipinski definition) is 3. The minimum absolute atomic E-state index is 0.201. The van der Waals surface area contributed by atoms with E-state index < -0.39 is 38.7 Å². The summed E-state index contributed by atoms with van der Waals surface area (Å²) in [5, 5.41) is 0. The highest BCUT2D eigenvalue weighted by Gasteiger charge is 2.57. The first kappa shape index (κ1) is 33.5. The lowest BCUT2D eigenvalue weighted by Crippen LogP contribution is -2.57. The predicted molar refractivity (Wildman–Crippen MR) is 149 cm³/mol. The van der Waals surface area contributed by atoms with Crippen LogP contribution in [0.3, 0.4) is 0 Å². The zero-order valence-corrected chi connectivity index (χ0v) is 27.5. The molecule has 0 aliphatic heterocycles. The number of hydrogen-bond acceptors (Lipinski definition) is 12. The molecule has 0 aliphatic carbocycles. The molecule has 0 spiro atoms. The van der Waals surface area contributed by atoms with E-state index in [1.54, 1.807) is 0 Å². The smallest absolute Gasteiger partial charge is 0.445 e. The summed E-state index contributed by atoms with van der Waals surface area (Å²) in [6, 6.07) is 0. The van der Waals surface area contributed by atoms with Gasteiger partial charge in [0, 0.05) is 15.3 Å². The first-order valence-electron chi connectivity index (χ1n) is 8.86. The van der Waals surface area contributed by atoms with Crippen LogP contribution >= 0.6 is 98.4 Å². The van der Waals surface area contributed by atoms with Gasteiger partial charge < -0.3 is 30.5 Å². The van der Waals surface area contributed by atoms with Crippen molar-refractivity contribution in [1.29, 1.82) is 0 Å². The van der Waals surface area contributed by atoms with Gasteiger partial charge in [-0.25, -0.2) is 0 Å². The Balaban J connectivity index is 5.78. The Hall–Kier alpha value is 1.48. The molecule has 3 unspecified atom stereocenters. The third kappa shape index (κ3) is 11.9. The normalized spacial score (nSPS) is 18.9. The van der Waals surface area contributed by atoms with Crippen LogP contribution in [0.4, 0.5) is 0 Å². The fourth-order valence-corrected chi connectivity index (χ4v) is 8.02. The highest BCUT2D eigenvalue weighted by atomic mass is 79.9. The zero-order valence-electron chi connectivity index (χ0n) is 17.7. The van der Waals surface area contributed by atoms with Gasteiger partial charge in [-0.2, -0.15) is 35.3 Å². The largest absolute Gasteiger partial charge is 0.786 e. The van der Waals surface area contributed by atoms with Crippen LogP contribution in [-0.4, -0.2) is 74.7 Å². The molecule has 188 valence electrons. The Labute approximate surface area is 235 Å². The van der Waals surface area contributed by atoms with Crippen LogP contribution < -0.4 is 17.2 Å². The van der Waals surface area contributed by atoms with Gasteiger partial charge in [-0.3, -0.25) is 14.4 Å². The second kappa shape index (κ2) is 14.9. The lowest BCUT2D eigenvalue weighted by Gasteiger charge is -2.31. The highest BCUT2D eigenvalue weighted by Crippen LogP contribution is 2.31. The van der Waals surface area contributed by atoms with E-state index in [0.29, 0.717) is 17.3 Å². The summed E-state index contributed by atoms with van der Waals surface area (Å²) in [4.78, 5) is 38.2. The zero-order chi connectivity index (χ0) is 25.2. The summed E-state index contributed by atoms with van der Waals surface area (Å²) in [5.74, 6) is -1.35. The number of carbonyl (C=O) groups is 3. The van der Waals surface area contributed by atoms with Gasteiger partial charge >= 0.3 is 25.3 Å². The SMILES string of the molecule is CSCCC(N)(Br)C(=O)O[Si](Br)(OC(=O)C(N)(Br)CCSC)OC(=O)C(N)(Br)CCSC. The summed E-state index contributed by atoms with van der Waals surface area (Å²) in [6.07, 6.45) is 6.14. The van der Waals surface area contributed by atoms with Crippen molar-refractivity contribution in [3.8, 4) is 0 Å². The van der Waals surface area contributed by atoms with Gasteiger partial charge in [-0.05, 0) is 55.3 Å². The molecule has 0 saturated carbocycles. The Bertz CT molecular complexity index is 580. The second-order valence-corrected chi connectivity index (χ2v) is 18.2. The first-order valence-corrected chi connectivity index (χ1v) is 19.4. The van der Waals surface area contributed by atoms with Crippen LogP contribution in [0.1, 0.15) is 19.3 Å². The molecule has 0 fully saturated rings. The van der Waals surface area contributed by atoms with Gasteiger partial charge in [0.15, 0.2) is 13.3 Å². The highest BCUT2D eigenvalue weighted by molar-refractivity contribution is 9.25. The molecule has 6 N–H and O–H groups in total. The lowest BCUT2D eigenvalue weighted by atomic mass is 10.2. The molecule has 9 nitrogen and oxygen atoms in total. The minimum atomic E-state index is -4.47. The monoisotopic (exact) mass is 785 g/mol. The fraction of sp³-hybridized carbons (Fsp3) is 0.800. The van der Waals surface area contributed by atoms with Crippen molar-refractivity contribution in [3.63, 3.8) is 0 Å². The van der Waals surface area contributed by atoms with Crippen molar-refractivity contribution in [2.45, 2.75) is 32.6 Å². The van der Waals surface area contributed by atoms with Crippen molar-refractivity contribution in [1.82, 2.24) is 0 Å². The molecule has 0 amide bonds. The average molecular weight is 789 g/mol. The van der Waals surface area contributed by atoms with Crippen LogP contribution in [0, 0.1) is 0 Å². The maximum atomic E-state index is 12.7. The Kier molecular flexibility index (Phi) is 15.6. The molecule has 0 aromatic rings. The Morgan fingerprint density at radius 3 is 1.09 bits per heavy atom. The number of alkyl halides is 3. The maximum absolute atomic E-state index is 12.7. The van der Waals surface area contributed by atoms with Gasteiger partial charge in [0.25, 0.3) is 0 Å². The first-order chi connectivity index (χ1) is 14.6. The molecule has 32 heavy (non-hydrogen) atoms. The van der Waals surface area contributed by atoms with Crippen LogP contribution in [-0.2, 0) is 27.7 Å². The standard InChI is InChI=1S/C15H27Br4N3O6S3Si/c1-29-7-4-13(16,20)10(23)26-32(19,27-11(24)14(17,21)5-8-30-2)28-12(25)15(18,22)6-9-31-3/h4-9,20-22H2,1-3H3. The van der Waals surface area contributed by atoms with E-state index in [-0.39, 0.29) is 19.3 Å². The van der Waals surface area contributed by atoms with E-state index >= 15 is 0 Å². The van der Waals surface area contributed by atoms with Crippen LogP contribution in [0.2, 0.25) is 0 Å². The third-order valence-corrected chi connectivity index (χ3v) is 10.4. The molecular formula is C15H27Br4N3O6S3Si. The molecule has 0 aromatic carbocycles. The van der Waals surface area contributed by atoms with Crippen LogP contribution in [0.5, 0.6) is 0 Å². The summed E-state index contributed by atoms with van der Waals surface area (Å²) in [7, 11) is -4.47. The molecule has 0 aromatic heterocycles. The summed E-state index contributed by atoms with van der Waals surface area (Å²) in [5.41, 5.74) is 18.0. The van der Waals surface area contributed by atoms with Crippen LogP contribution in [0.15, 0.2) is 0 Å². The topological polar surface area (TPSA) is 157 Å². The van der Waals surface area contributed by atoms with E-state index in [1.165, 1.54) is 35.3 Å². The molecular weight excluding hydrogens is 762 g/mol. The summed E-state index contributed by atoms with van der Waals surface area (Å²) >= 11 is 16.8. The Morgan fingerprint density at radius 2 is 0.906 bits per heavy atom. The third-order valence-electron chi connectivity index (χ3n) is 3.67. The molecule has 0 radical (unpaired) electrons. The van der Waals surface area contributed by atoms with E-state index in [1.807, 2.05) is 18.8 Å². The number of thioether (sulfide) groups is 3. The van der Waals surface area contributed by atoms with Crippen molar-refractivity contribution in [2.75, 3.05) is 36.0 Å². The summed E-state index contributed by atoms with van der Waals surface area (Å²) < 4.78 is 11.2. The Morgan fingerprint density at radius 1 is 0.688 bits per heavy atom. The molecule has 3 atom stereocenters. The van der Waals surface area contributed by atoms with Gasteiger partial charge in [0.05, 0.1) is 0 Å². The second-order valence-electron chi connectivity index (χ2n) is 6.47. The van der Waals surface area contributed by atoms with Gasteiger partial charge in [-0.1, -0.05) is 47.8 Å². The average Bonchev–Trinajstić information content (AvgIpc) is 2.68. The minimum Gasteiger partial charge on any atom is -0.445 e. The lowest BCUT2D eigenvalue weighted by molar-refractivity contribution is -0.151. The van der Waals surface area contributed by atoms with E-state index in [2.05, 4.69) is 63.1 Å². The molecule has 0 aliphatic rings. The van der Waals surface area contributed by atoms with E-state index in [4.69, 9.17) is 30.5 Å². The van der Waals surface area contributed by atoms with Crippen molar-refractivity contribution >= 4 is 124 Å². The van der Waals surface area contributed by atoms with Crippen molar-refractivity contribution in [2.24, 2.45) is 17.2 Å². The van der Waals surface area contributed by atoms with Crippen LogP contribution in [0.25, 0.3) is 0 Å². The molecule has 0 saturated heterocycles. The molecule has 17 heteroatoms. The number of nitrogens with two attached hydrogens (primary N) is 3. The molecule has 0 heterocycles. The van der Waals surface area contributed by atoms with Crippen molar-refractivity contribution < 1.29 is 27.7 Å².